The molecule has 1 N–H and O–H groups in total. The van der Waals surface area contributed by atoms with Crippen molar-refractivity contribution in [3.63, 3.8) is 0 Å². The van der Waals surface area contributed by atoms with Gasteiger partial charge in [-0.25, -0.2) is 4.79 Å². The Balaban J connectivity index is 3.15. The van der Waals surface area contributed by atoms with Crippen LogP contribution in [0.15, 0.2) is 12.1 Å². The van der Waals surface area contributed by atoms with Crippen molar-refractivity contribution in [2.45, 2.75) is 10.7 Å². The van der Waals surface area contributed by atoms with Gasteiger partial charge in [0.25, 0.3) is 0 Å². The van der Waals surface area contributed by atoms with Crippen molar-refractivity contribution in [2.75, 3.05) is 0 Å². The maximum Gasteiger partial charge on any atom is 0.337 e. The maximum atomic E-state index is 10.7. The van der Waals surface area contributed by atoms with Gasteiger partial charge in [-0.15, -0.1) is 0 Å². The Hall–Kier alpha value is -0.420. The van der Waals surface area contributed by atoms with Crippen LogP contribution in [0.3, 0.4) is 0 Å². The molecule has 0 spiro atoms. The number of carboxylic acids is 1. The number of hydrogen-bond donors (Lipinski definition) is 1. The fourth-order valence-electron chi connectivity index (χ4n) is 0.918. The van der Waals surface area contributed by atoms with Gasteiger partial charge in [0.05, 0.1) is 17.0 Å². The van der Waals surface area contributed by atoms with Crippen molar-refractivity contribution < 1.29 is 9.90 Å². The van der Waals surface area contributed by atoms with Crippen LogP contribution in [0.2, 0.25) is 0 Å². The van der Waals surface area contributed by atoms with Crippen LogP contribution in [0.1, 0.15) is 21.7 Å². The highest BCUT2D eigenvalue weighted by atomic mass is 79.9. The molecule has 70 valence electrons. The molecule has 0 aromatic carbocycles. The third-order valence-corrected chi connectivity index (χ3v) is 2.63. The van der Waals surface area contributed by atoms with Crippen molar-refractivity contribution in [3.05, 3.63) is 29.1 Å². The quantitative estimate of drug-likeness (QED) is 0.873. The minimum absolute atomic E-state index is 0.251. The van der Waals surface area contributed by atoms with Crippen LogP contribution in [0.4, 0.5) is 0 Å². The molecule has 0 amide bonds. The third kappa shape index (κ3) is 2.51. The Kier molecular flexibility index (Phi) is 3.87. The van der Waals surface area contributed by atoms with Gasteiger partial charge in [0, 0.05) is 10.7 Å². The second-order valence-electron chi connectivity index (χ2n) is 2.37. The summed E-state index contributed by atoms with van der Waals surface area (Å²) in [5.74, 6) is -0.942. The van der Waals surface area contributed by atoms with Crippen molar-refractivity contribution >= 4 is 37.8 Å². The number of pyridine rings is 1. The van der Waals surface area contributed by atoms with E-state index in [2.05, 4.69) is 36.8 Å². The smallest absolute Gasteiger partial charge is 0.337 e. The van der Waals surface area contributed by atoms with E-state index >= 15 is 0 Å². The number of alkyl halides is 2. The lowest BCUT2D eigenvalue weighted by atomic mass is 10.2. The molecule has 0 radical (unpaired) electrons. The first-order chi connectivity index (χ1) is 6.19. The van der Waals surface area contributed by atoms with Gasteiger partial charge in [-0.05, 0) is 12.1 Å². The van der Waals surface area contributed by atoms with E-state index in [0.717, 1.165) is 5.69 Å². The van der Waals surface area contributed by atoms with E-state index in [1.807, 2.05) is 0 Å². The fraction of sp³-hybridized carbons (Fsp3) is 0.250. The first kappa shape index (κ1) is 10.7. The molecule has 1 aromatic heterocycles. The summed E-state index contributed by atoms with van der Waals surface area (Å²) < 4.78 is 0. The summed E-state index contributed by atoms with van der Waals surface area (Å²) in [5, 5.41) is 9.87. The van der Waals surface area contributed by atoms with Crippen LogP contribution in [-0.2, 0) is 10.7 Å². The summed E-state index contributed by atoms with van der Waals surface area (Å²) in [6, 6.07) is 3.27. The number of nitrogens with zero attached hydrogens (tertiary/aromatic N) is 1. The second-order valence-corrected chi connectivity index (χ2v) is 3.49. The molecule has 0 saturated heterocycles. The minimum Gasteiger partial charge on any atom is -0.478 e. The van der Waals surface area contributed by atoms with Crippen LogP contribution in [-0.4, -0.2) is 16.1 Å². The van der Waals surface area contributed by atoms with Gasteiger partial charge in [-0.3, -0.25) is 4.98 Å². The van der Waals surface area contributed by atoms with Gasteiger partial charge < -0.3 is 5.11 Å². The van der Waals surface area contributed by atoms with E-state index in [4.69, 9.17) is 5.11 Å². The van der Waals surface area contributed by atoms with E-state index in [-0.39, 0.29) is 5.56 Å². The summed E-state index contributed by atoms with van der Waals surface area (Å²) in [6.07, 6.45) is 0. The van der Waals surface area contributed by atoms with E-state index < -0.39 is 5.97 Å². The monoisotopic (exact) mass is 307 g/mol. The number of carboxylic acid groups (broad SMARTS) is 1. The zero-order valence-electron chi connectivity index (χ0n) is 6.63. The summed E-state index contributed by atoms with van der Waals surface area (Å²) >= 11 is 6.46. The average Bonchev–Trinajstić information content (AvgIpc) is 2.16. The average molecular weight is 309 g/mol. The fourth-order valence-corrected chi connectivity index (χ4v) is 1.66. The van der Waals surface area contributed by atoms with Gasteiger partial charge >= 0.3 is 5.97 Å². The highest BCUT2D eigenvalue weighted by Crippen LogP contribution is 2.13. The molecule has 0 unspecified atom stereocenters. The van der Waals surface area contributed by atoms with Crippen molar-refractivity contribution in [2.24, 2.45) is 0 Å². The Morgan fingerprint density at radius 2 is 2.08 bits per heavy atom. The van der Waals surface area contributed by atoms with Crippen LogP contribution < -0.4 is 0 Å². The zero-order valence-corrected chi connectivity index (χ0v) is 9.80. The maximum absolute atomic E-state index is 10.7. The number of carbonyl (C=O) groups is 1. The van der Waals surface area contributed by atoms with Crippen molar-refractivity contribution in [3.8, 4) is 0 Å². The molecular formula is C8H7Br2NO2. The largest absolute Gasteiger partial charge is 0.478 e. The van der Waals surface area contributed by atoms with Crippen LogP contribution in [0, 0.1) is 0 Å². The van der Waals surface area contributed by atoms with Crippen molar-refractivity contribution in [1.82, 2.24) is 4.98 Å². The minimum atomic E-state index is -0.942. The number of aromatic nitrogens is 1. The molecule has 0 aliphatic heterocycles. The second kappa shape index (κ2) is 4.72. The van der Waals surface area contributed by atoms with Gasteiger partial charge in [0.1, 0.15) is 0 Å². The van der Waals surface area contributed by atoms with E-state index in [1.54, 1.807) is 12.1 Å². The van der Waals surface area contributed by atoms with E-state index in [1.165, 1.54) is 0 Å². The standard InChI is InChI=1S/C8H7Br2NO2/c9-3-5-1-2-6(8(12)13)7(4-10)11-5/h1-2H,3-4H2,(H,12,13). The Morgan fingerprint density at radius 1 is 1.38 bits per heavy atom. The van der Waals surface area contributed by atoms with Gasteiger partial charge in [-0.2, -0.15) is 0 Å². The lowest BCUT2D eigenvalue weighted by molar-refractivity contribution is 0.0695. The molecule has 3 nitrogen and oxygen atoms in total. The lowest BCUT2D eigenvalue weighted by Gasteiger charge is -2.03. The molecular weight excluding hydrogens is 302 g/mol. The normalized spacial score (nSPS) is 10.0. The topological polar surface area (TPSA) is 50.2 Å². The molecule has 1 aromatic rings. The predicted octanol–water partition coefficient (Wildman–Crippen LogP) is 2.57. The molecule has 13 heavy (non-hydrogen) atoms. The molecule has 1 rings (SSSR count). The summed E-state index contributed by atoms with van der Waals surface area (Å²) in [4.78, 5) is 14.9. The van der Waals surface area contributed by atoms with Gasteiger partial charge in [0.2, 0.25) is 0 Å². The third-order valence-electron chi connectivity index (χ3n) is 1.53. The van der Waals surface area contributed by atoms with Crippen molar-refractivity contribution in [1.29, 1.82) is 0 Å². The summed E-state index contributed by atoms with van der Waals surface area (Å²) in [5.41, 5.74) is 1.64. The Morgan fingerprint density at radius 3 is 2.54 bits per heavy atom. The molecule has 1 heterocycles. The Labute approximate surface area is 92.4 Å². The SMILES string of the molecule is O=C(O)c1ccc(CBr)nc1CBr. The molecule has 0 fully saturated rings. The molecule has 5 heteroatoms. The highest BCUT2D eigenvalue weighted by Gasteiger charge is 2.10. The first-order valence-corrected chi connectivity index (χ1v) is 5.77. The van der Waals surface area contributed by atoms with Crippen LogP contribution in [0.5, 0.6) is 0 Å². The molecule has 0 atom stereocenters. The number of hydrogen-bond acceptors (Lipinski definition) is 2. The van der Waals surface area contributed by atoms with Crippen LogP contribution in [0.25, 0.3) is 0 Å². The molecule has 0 saturated carbocycles. The number of halogens is 2. The van der Waals surface area contributed by atoms with Gasteiger partial charge in [0.15, 0.2) is 0 Å². The number of rotatable bonds is 3. The van der Waals surface area contributed by atoms with E-state index in [9.17, 15) is 4.79 Å². The number of aromatic carboxylic acids is 1. The highest BCUT2D eigenvalue weighted by molar-refractivity contribution is 9.08. The molecule has 0 aliphatic rings. The lowest BCUT2D eigenvalue weighted by Crippen LogP contribution is -2.04. The van der Waals surface area contributed by atoms with Crippen LogP contribution >= 0.6 is 31.9 Å². The zero-order chi connectivity index (χ0) is 9.84. The van der Waals surface area contributed by atoms with E-state index in [0.29, 0.717) is 16.4 Å². The Bertz CT molecular complexity index is 328. The summed E-state index contributed by atoms with van der Waals surface area (Å²) in [7, 11) is 0. The summed E-state index contributed by atoms with van der Waals surface area (Å²) in [6.45, 7) is 0. The first-order valence-electron chi connectivity index (χ1n) is 3.53. The van der Waals surface area contributed by atoms with Gasteiger partial charge in [-0.1, -0.05) is 31.9 Å². The molecule has 0 aliphatic carbocycles. The predicted molar refractivity (Wildman–Crippen MR) is 56.5 cm³/mol. The molecule has 0 bridgehead atoms.